The Morgan fingerprint density at radius 1 is 0.650 bits per heavy atom. The minimum Gasteiger partial charge on any atom is -0.462 e. The molecule has 11 heteroatoms. The van der Waals surface area contributed by atoms with E-state index in [1.54, 1.807) is 0 Å². The van der Waals surface area contributed by atoms with E-state index < -0.39 is 51.8 Å². The molecule has 0 bridgehead atoms. The van der Waals surface area contributed by atoms with Crippen LogP contribution in [0.4, 0.5) is 0 Å². The van der Waals surface area contributed by atoms with Gasteiger partial charge in [-0.2, -0.15) is 0 Å². The highest BCUT2D eigenvalue weighted by Gasteiger charge is 2.27. The Balaban J connectivity index is 4.48. The first-order valence-corrected chi connectivity index (χ1v) is 17.0. The molecule has 0 fully saturated rings. The SMILES string of the molecule is CCCCCCCCCCCC(=O)OC[C@H](COP(=O)(O)OC[C@@H](O)CO)OC(=O)CCCCCCCCCC. The third kappa shape index (κ3) is 25.9. The average Bonchev–Trinajstić information content (AvgIpc) is 2.93. The van der Waals surface area contributed by atoms with Crippen molar-refractivity contribution in [3.8, 4) is 0 Å². The zero-order chi connectivity index (χ0) is 29.9. The van der Waals surface area contributed by atoms with Crippen LogP contribution in [0.25, 0.3) is 0 Å². The van der Waals surface area contributed by atoms with Gasteiger partial charge >= 0.3 is 19.8 Å². The summed E-state index contributed by atoms with van der Waals surface area (Å²) in [5.74, 6) is -0.930. The van der Waals surface area contributed by atoms with Crippen LogP contribution < -0.4 is 0 Å². The molecule has 238 valence electrons. The van der Waals surface area contributed by atoms with Crippen molar-refractivity contribution in [1.82, 2.24) is 0 Å². The van der Waals surface area contributed by atoms with Crippen molar-refractivity contribution in [3.05, 3.63) is 0 Å². The Morgan fingerprint density at radius 2 is 1.07 bits per heavy atom. The lowest BCUT2D eigenvalue weighted by Gasteiger charge is -2.20. The topological polar surface area (TPSA) is 149 Å². The van der Waals surface area contributed by atoms with Crippen LogP contribution in [0.15, 0.2) is 0 Å². The van der Waals surface area contributed by atoms with E-state index in [1.807, 2.05) is 0 Å². The molecule has 0 aliphatic rings. The van der Waals surface area contributed by atoms with Gasteiger partial charge in [0.25, 0.3) is 0 Å². The maximum Gasteiger partial charge on any atom is 0.472 e. The molecule has 10 nitrogen and oxygen atoms in total. The van der Waals surface area contributed by atoms with Crippen molar-refractivity contribution in [3.63, 3.8) is 0 Å². The highest BCUT2D eigenvalue weighted by atomic mass is 31.2. The normalized spacial score (nSPS) is 14.4. The Kier molecular flexibility index (Phi) is 26.2. The summed E-state index contributed by atoms with van der Waals surface area (Å²) in [6.07, 6.45) is 16.8. The molecule has 0 rings (SSSR count). The number of aliphatic hydroxyl groups excluding tert-OH is 2. The molecule has 0 aliphatic carbocycles. The Labute approximate surface area is 242 Å². The number of hydrogen-bond acceptors (Lipinski definition) is 9. The fourth-order valence-electron chi connectivity index (χ4n) is 4.05. The molecule has 0 amide bonds. The fourth-order valence-corrected chi connectivity index (χ4v) is 4.84. The monoisotopic (exact) mass is 596 g/mol. The number of carbonyl (C=O) groups is 2. The average molecular weight is 597 g/mol. The number of esters is 2. The second-order valence-electron chi connectivity index (χ2n) is 10.5. The largest absolute Gasteiger partial charge is 0.472 e. The summed E-state index contributed by atoms with van der Waals surface area (Å²) in [4.78, 5) is 34.4. The quantitative estimate of drug-likeness (QED) is 0.0504. The van der Waals surface area contributed by atoms with Crippen molar-refractivity contribution in [2.45, 2.75) is 148 Å². The van der Waals surface area contributed by atoms with E-state index in [0.717, 1.165) is 38.5 Å². The Morgan fingerprint density at radius 3 is 1.55 bits per heavy atom. The van der Waals surface area contributed by atoms with Crippen LogP contribution in [0.3, 0.4) is 0 Å². The van der Waals surface area contributed by atoms with Gasteiger partial charge in [-0.25, -0.2) is 4.57 Å². The van der Waals surface area contributed by atoms with Crippen molar-refractivity contribution in [1.29, 1.82) is 0 Å². The Bertz CT molecular complexity index is 661. The van der Waals surface area contributed by atoms with Crippen molar-refractivity contribution < 1.29 is 47.8 Å². The van der Waals surface area contributed by atoms with Crippen LogP contribution in [0.1, 0.15) is 136 Å². The van der Waals surface area contributed by atoms with Gasteiger partial charge in [-0.05, 0) is 12.8 Å². The maximum absolute atomic E-state index is 12.4. The lowest BCUT2D eigenvalue weighted by molar-refractivity contribution is -0.161. The molecular weight excluding hydrogens is 539 g/mol. The van der Waals surface area contributed by atoms with Gasteiger partial charge < -0.3 is 24.6 Å². The summed E-state index contributed by atoms with van der Waals surface area (Å²) in [5, 5.41) is 18.1. The van der Waals surface area contributed by atoms with Gasteiger partial charge in [-0.1, -0.05) is 110 Å². The number of phosphoric acid groups is 1. The number of aliphatic hydroxyl groups is 2. The second kappa shape index (κ2) is 26.8. The molecule has 0 radical (unpaired) electrons. The third-order valence-electron chi connectivity index (χ3n) is 6.51. The third-order valence-corrected chi connectivity index (χ3v) is 7.46. The second-order valence-corrected chi connectivity index (χ2v) is 11.9. The molecule has 0 heterocycles. The van der Waals surface area contributed by atoms with Crippen LogP contribution in [0.5, 0.6) is 0 Å². The van der Waals surface area contributed by atoms with Gasteiger partial charge in [0.05, 0.1) is 19.8 Å². The molecule has 40 heavy (non-hydrogen) atoms. The van der Waals surface area contributed by atoms with E-state index in [4.69, 9.17) is 19.1 Å². The molecule has 1 unspecified atom stereocenters. The van der Waals surface area contributed by atoms with Crippen LogP contribution in [-0.2, 0) is 32.7 Å². The molecule has 3 atom stereocenters. The summed E-state index contributed by atoms with van der Waals surface area (Å²) >= 11 is 0. The summed E-state index contributed by atoms with van der Waals surface area (Å²) in [6, 6.07) is 0. The summed E-state index contributed by atoms with van der Waals surface area (Å²) in [5.41, 5.74) is 0. The van der Waals surface area contributed by atoms with Crippen LogP contribution in [0, 0.1) is 0 Å². The predicted octanol–water partition coefficient (Wildman–Crippen LogP) is 6.38. The minimum atomic E-state index is -4.59. The van der Waals surface area contributed by atoms with Gasteiger partial charge in [-0.15, -0.1) is 0 Å². The number of rotatable bonds is 29. The van der Waals surface area contributed by atoms with E-state index in [-0.39, 0.29) is 19.4 Å². The molecule has 0 aliphatic heterocycles. The van der Waals surface area contributed by atoms with E-state index in [2.05, 4.69) is 18.4 Å². The van der Waals surface area contributed by atoms with Gasteiger partial charge in [0.1, 0.15) is 12.7 Å². The highest BCUT2D eigenvalue weighted by molar-refractivity contribution is 7.47. The first kappa shape index (κ1) is 39.0. The van der Waals surface area contributed by atoms with Crippen molar-refractivity contribution >= 4 is 19.8 Å². The zero-order valence-electron chi connectivity index (χ0n) is 25.1. The van der Waals surface area contributed by atoms with E-state index in [1.165, 1.54) is 57.8 Å². The first-order chi connectivity index (χ1) is 19.2. The first-order valence-electron chi connectivity index (χ1n) is 15.5. The van der Waals surface area contributed by atoms with Crippen molar-refractivity contribution in [2.24, 2.45) is 0 Å². The molecule has 0 aromatic rings. The molecule has 0 spiro atoms. The van der Waals surface area contributed by atoms with Crippen LogP contribution in [-0.4, -0.2) is 65.7 Å². The number of phosphoric ester groups is 1. The van der Waals surface area contributed by atoms with E-state index >= 15 is 0 Å². The molecule has 0 aromatic heterocycles. The van der Waals surface area contributed by atoms with Crippen LogP contribution in [0.2, 0.25) is 0 Å². The molecule has 3 N–H and O–H groups in total. The lowest BCUT2D eigenvalue weighted by Crippen LogP contribution is -2.29. The molecule has 0 saturated carbocycles. The summed E-state index contributed by atoms with van der Waals surface area (Å²) in [7, 11) is -4.59. The molecule has 0 aromatic carbocycles. The van der Waals surface area contributed by atoms with Gasteiger partial charge in [0, 0.05) is 12.8 Å². The van der Waals surface area contributed by atoms with Gasteiger partial charge in [-0.3, -0.25) is 18.6 Å². The lowest BCUT2D eigenvalue weighted by atomic mass is 10.1. The fraction of sp³-hybridized carbons (Fsp3) is 0.931. The Hall–Kier alpha value is -1.03. The maximum atomic E-state index is 12.4. The smallest absolute Gasteiger partial charge is 0.462 e. The summed E-state index contributed by atoms with van der Waals surface area (Å²) in [6.45, 7) is 2.28. The number of hydrogen-bond donors (Lipinski definition) is 3. The molecule has 0 saturated heterocycles. The predicted molar refractivity (Wildman–Crippen MR) is 155 cm³/mol. The van der Waals surface area contributed by atoms with E-state index in [0.29, 0.717) is 12.8 Å². The number of unbranched alkanes of at least 4 members (excludes halogenated alkanes) is 15. The number of carbonyl (C=O) groups excluding carboxylic acids is 2. The van der Waals surface area contributed by atoms with Gasteiger partial charge in [0.2, 0.25) is 0 Å². The van der Waals surface area contributed by atoms with Gasteiger partial charge in [0.15, 0.2) is 6.10 Å². The molecular formula is C29H57O10P. The van der Waals surface area contributed by atoms with Crippen LogP contribution >= 0.6 is 7.82 Å². The highest BCUT2D eigenvalue weighted by Crippen LogP contribution is 2.43. The minimum absolute atomic E-state index is 0.188. The summed E-state index contributed by atoms with van der Waals surface area (Å²) < 4.78 is 32.3. The standard InChI is InChI=1S/C29H57O10P/c1-3-5-7-9-11-13-15-16-18-20-28(32)36-24-27(25-38-40(34,35)37-23-26(31)22-30)39-29(33)21-19-17-14-12-10-8-6-4-2/h26-27,30-31H,3-25H2,1-2H3,(H,34,35)/t26-,27+/m0/s1. The van der Waals surface area contributed by atoms with Crippen molar-refractivity contribution in [2.75, 3.05) is 26.4 Å². The van der Waals surface area contributed by atoms with E-state index in [9.17, 15) is 24.2 Å². The number of ether oxygens (including phenoxy) is 2. The zero-order valence-corrected chi connectivity index (χ0v) is 26.0.